The smallest absolute Gasteiger partial charge is 0.249 e. The summed E-state index contributed by atoms with van der Waals surface area (Å²) in [5.41, 5.74) is 1.58. The molecule has 4 rings (SSSR count). The number of amides is 1. The Balaban J connectivity index is 1.48. The highest BCUT2D eigenvalue weighted by Gasteiger charge is 2.33. The lowest BCUT2D eigenvalue weighted by atomic mass is 9.88. The number of nitrogens with one attached hydrogen (secondary N) is 1. The third-order valence-corrected chi connectivity index (χ3v) is 5.93. The second-order valence-corrected chi connectivity index (χ2v) is 8.13. The number of likely N-dealkylation sites (tertiary alicyclic amines) is 1. The van der Waals surface area contributed by atoms with E-state index in [1.54, 1.807) is 12.3 Å². The summed E-state index contributed by atoms with van der Waals surface area (Å²) < 4.78 is 32.4. The first-order chi connectivity index (χ1) is 14.6. The van der Waals surface area contributed by atoms with Crippen LogP contribution in [-0.2, 0) is 16.1 Å². The number of nitrogens with zero attached hydrogens (tertiary/aromatic N) is 2. The predicted octanol–water partition coefficient (Wildman–Crippen LogP) is 3.61. The molecule has 30 heavy (non-hydrogen) atoms. The first kappa shape index (κ1) is 20.9. The van der Waals surface area contributed by atoms with Crippen molar-refractivity contribution < 1.29 is 18.3 Å². The van der Waals surface area contributed by atoms with Crippen molar-refractivity contribution in [3.05, 3.63) is 65.5 Å². The molecule has 2 aliphatic heterocycles. The molecule has 3 atom stereocenters. The van der Waals surface area contributed by atoms with Crippen molar-refractivity contribution in [1.29, 1.82) is 0 Å². The molecule has 1 aromatic carbocycles. The van der Waals surface area contributed by atoms with Crippen LogP contribution in [0.25, 0.3) is 0 Å². The molecule has 1 N–H and O–H groups in total. The Morgan fingerprint density at radius 1 is 1.20 bits per heavy atom. The summed E-state index contributed by atoms with van der Waals surface area (Å²) in [7, 11) is 0. The van der Waals surface area contributed by atoms with Crippen LogP contribution in [0.4, 0.5) is 8.78 Å². The van der Waals surface area contributed by atoms with E-state index < -0.39 is 17.7 Å². The maximum atomic E-state index is 13.6. The molecule has 2 aliphatic rings. The number of piperidine rings is 1. The van der Waals surface area contributed by atoms with Gasteiger partial charge in [0.2, 0.25) is 5.91 Å². The van der Waals surface area contributed by atoms with Gasteiger partial charge in [0.1, 0.15) is 6.10 Å². The van der Waals surface area contributed by atoms with Gasteiger partial charge in [0.05, 0.1) is 11.7 Å². The lowest BCUT2D eigenvalue weighted by Gasteiger charge is -2.37. The van der Waals surface area contributed by atoms with E-state index in [-0.39, 0.29) is 17.9 Å². The van der Waals surface area contributed by atoms with Crippen LogP contribution in [0.3, 0.4) is 0 Å². The van der Waals surface area contributed by atoms with Gasteiger partial charge in [0.25, 0.3) is 0 Å². The number of hydrogen-bond acceptors (Lipinski definition) is 4. The largest absolute Gasteiger partial charge is 0.368 e. The van der Waals surface area contributed by atoms with Gasteiger partial charge in [0, 0.05) is 25.9 Å². The molecule has 2 fully saturated rings. The maximum absolute atomic E-state index is 13.6. The zero-order valence-electron chi connectivity index (χ0n) is 16.9. The number of carbonyl (C=O) groups excluding carboxylic acids is 1. The van der Waals surface area contributed by atoms with Crippen LogP contribution in [0.15, 0.2) is 42.6 Å². The minimum Gasteiger partial charge on any atom is -0.368 e. The molecular weight excluding hydrogens is 388 g/mol. The van der Waals surface area contributed by atoms with Gasteiger partial charge in [-0.25, -0.2) is 8.78 Å². The van der Waals surface area contributed by atoms with Crippen molar-refractivity contribution >= 4 is 5.91 Å². The molecule has 2 aromatic rings. The van der Waals surface area contributed by atoms with Crippen molar-refractivity contribution in [1.82, 2.24) is 15.2 Å². The first-order valence-corrected chi connectivity index (χ1v) is 10.6. The van der Waals surface area contributed by atoms with Gasteiger partial charge >= 0.3 is 0 Å². The number of ether oxygens (including phenoxy) is 1. The van der Waals surface area contributed by atoms with E-state index in [0.717, 1.165) is 50.0 Å². The monoisotopic (exact) mass is 415 g/mol. The van der Waals surface area contributed by atoms with Gasteiger partial charge in [-0.1, -0.05) is 12.1 Å². The van der Waals surface area contributed by atoms with Crippen molar-refractivity contribution in [3.63, 3.8) is 0 Å². The maximum Gasteiger partial charge on any atom is 0.249 e. The van der Waals surface area contributed by atoms with E-state index in [9.17, 15) is 13.6 Å². The van der Waals surface area contributed by atoms with E-state index in [1.807, 2.05) is 18.2 Å². The second kappa shape index (κ2) is 9.62. The Morgan fingerprint density at radius 3 is 2.83 bits per heavy atom. The van der Waals surface area contributed by atoms with Crippen LogP contribution < -0.4 is 5.32 Å². The summed E-state index contributed by atoms with van der Waals surface area (Å²) in [4.78, 5) is 19.5. The molecule has 0 bridgehead atoms. The molecular formula is C23H27F2N3O2. The summed E-state index contributed by atoms with van der Waals surface area (Å²) in [5.74, 6) is -1.57. The van der Waals surface area contributed by atoms with E-state index in [0.29, 0.717) is 13.2 Å². The standard InChI is InChI=1S/C23H27F2N3O2/c24-18-9-8-16(13-19(18)25)14-28-11-3-5-17(15-28)22(20-6-1-2-10-26-20)27-23(29)21-7-4-12-30-21/h1-2,6,8-10,13,17,21-22H,3-5,7,11-12,14-15H2,(H,27,29)/t17-,21-,22+/m0/s1. The number of carbonyl (C=O) groups is 1. The molecule has 7 heteroatoms. The molecule has 1 amide bonds. The Kier molecular flexibility index (Phi) is 6.69. The lowest BCUT2D eigenvalue weighted by molar-refractivity contribution is -0.131. The van der Waals surface area contributed by atoms with Crippen molar-refractivity contribution in [2.45, 2.75) is 44.4 Å². The Morgan fingerprint density at radius 2 is 2.10 bits per heavy atom. The van der Waals surface area contributed by atoms with Gasteiger partial charge in [-0.3, -0.25) is 14.7 Å². The van der Waals surface area contributed by atoms with Crippen LogP contribution >= 0.6 is 0 Å². The minimum absolute atomic E-state index is 0.0825. The van der Waals surface area contributed by atoms with E-state index in [4.69, 9.17) is 4.74 Å². The third-order valence-electron chi connectivity index (χ3n) is 5.93. The fourth-order valence-electron chi connectivity index (χ4n) is 4.43. The Labute approximate surface area is 175 Å². The summed E-state index contributed by atoms with van der Waals surface area (Å²) in [5, 5.41) is 3.18. The van der Waals surface area contributed by atoms with Crippen LogP contribution in [0, 0.1) is 17.6 Å². The fourth-order valence-corrected chi connectivity index (χ4v) is 4.43. The molecule has 0 aliphatic carbocycles. The lowest BCUT2D eigenvalue weighted by Crippen LogP contribution is -2.45. The number of pyridine rings is 1. The molecule has 0 radical (unpaired) electrons. The van der Waals surface area contributed by atoms with E-state index in [2.05, 4.69) is 15.2 Å². The average Bonchev–Trinajstić information content (AvgIpc) is 3.30. The van der Waals surface area contributed by atoms with Gasteiger partial charge in [-0.05, 0) is 68.0 Å². The number of aromatic nitrogens is 1. The van der Waals surface area contributed by atoms with E-state index in [1.165, 1.54) is 12.1 Å². The SMILES string of the molecule is O=C(N[C@@H](c1ccccn1)[C@H]1CCCN(Cc2ccc(F)c(F)c2)C1)[C@@H]1CCCO1. The summed E-state index contributed by atoms with van der Waals surface area (Å²) >= 11 is 0. The summed E-state index contributed by atoms with van der Waals surface area (Å²) in [6.45, 7) is 2.79. The number of halogens is 2. The van der Waals surface area contributed by atoms with Gasteiger partial charge in [-0.2, -0.15) is 0 Å². The molecule has 0 saturated carbocycles. The first-order valence-electron chi connectivity index (χ1n) is 10.6. The predicted molar refractivity (Wildman–Crippen MR) is 108 cm³/mol. The molecule has 2 saturated heterocycles. The highest BCUT2D eigenvalue weighted by atomic mass is 19.2. The Bertz CT molecular complexity index is 859. The van der Waals surface area contributed by atoms with Crippen LogP contribution in [0.2, 0.25) is 0 Å². The topological polar surface area (TPSA) is 54.5 Å². The summed E-state index contributed by atoms with van der Waals surface area (Å²) in [6.07, 6.45) is 4.92. The number of benzene rings is 1. The van der Waals surface area contributed by atoms with Crippen LogP contribution in [-0.4, -0.2) is 41.6 Å². The highest BCUT2D eigenvalue weighted by Crippen LogP contribution is 2.30. The van der Waals surface area contributed by atoms with Crippen LogP contribution in [0.5, 0.6) is 0 Å². The van der Waals surface area contributed by atoms with E-state index >= 15 is 0 Å². The molecule has 5 nitrogen and oxygen atoms in total. The summed E-state index contributed by atoms with van der Waals surface area (Å²) in [6, 6.07) is 9.56. The number of hydrogen-bond donors (Lipinski definition) is 1. The molecule has 0 unspecified atom stereocenters. The second-order valence-electron chi connectivity index (χ2n) is 8.13. The van der Waals surface area contributed by atoms with Crippen molar-refractivity contribution in [3.8, 4) is 0 Å². The van der Waals surface area contributed by atoms with Gasteiger partial charge in [-0.15, -0.1) is 0 Å². The quantitative estimate of drug-likeness (QED) is 0.783. The minimum atomic E-state index is -0.831. The van der Waals surface area contributed by atoms with Gasteiger partial charge in [0.15, 0.2) is 11.6 Å². The van der Waals surface area contributed by atoms with Crippen molar-refractivity contribution in [2.75, 3.05) is 19.7 Å². The molecule has 3 heterocycles. The molecule has 0 spiro atoms. The highest BCUT2D eigenvalue weighted by molar-refractivity contribution is 5.81. The zero-order chi connectivity index (χ0) is 20.9. The number of rotatable bonds is 6. The average molecular weight is 415 g/mol. The normalized spacial score (nSPS) is 23.3. The zero-order valence-corrected chi connectivity index (χ0v) is 16.9. The van der Waals surface area contributed by atoms with Gasteiger partial charge < -0.3 is 10.1 Å². The fraction of sp³-hybridized carbons (Fsp3) is 0.478. The Hall–Kier alpha value is -2.38. The molecule has 160 valence electrons. The third kappa shape index (κ3) is 5.02. The van der Waals surface area contributed by atoms with Crippen molar-refractivity contribution in [2.24, 2.45) is 5.92 Å². The van der Waals surface area contributed by atoms with Crippen LogP contribution in [0.1, 0.15) is 43.0 Å². The molecule has 1 aromatic heterocycles.